The van der Waals surface area contributed by atoms with Crippen molar-refractivity contribution in [2.24, 2.45) is 7.05 Å². The van der Waals surface area contributed by atoms with Crippen LogP contribution in [0.25, 0.3) is 0 Å². The first-order chi connectivity index (χ1) is 9.13. The van der Waals surface area contributed by atoms with E-state index in [1.54, 1.807) is 4.68 Å². The van der Waals surface area contributed by atoms with Gasteiger partial charge in [0.05, 0.1) is 11.9 Å². The first kappa shape index (κ1) is 12.6. The highest BCUT2D eigenvalue weighted by atomic mass is 16.4. The van der Waals surface area contributed by atoms with Crippen molar-refractivity contribution in [1.29, 1.82) is 0 Å². The van der Waals surface area contributed by atoms with Gasteiger partial charge >= 0.3 is 5.97 Å². The van der Waals surface area contributed by atoms with Crippen molar-refractivity contribution in [2.45, 2.75) is 37.9 Å². The van der Waals surface area contributed by atoms with Gasteiger partial charge in [0, 0.05) is 38.8 Å². The molecule has 6 nitrogen and oxygen atoms in total. The summed E-state index contributed by atoms with van der Waals surface area (Å²) >= 11 is 0. The van der Waals surface area contributed by atoms with E-state index in [-0.39, 0.29) is 0 Å². The van der Waals surface area contributed by atoms with Crippen molar-refractivity contribution in [2.75, 3.05) is 13.1 Å². The maximum atomic E-state index is 11.2. The van der Waals surface area contributed by atoms with Gasteiger partial charge in [0.15, 0.2) is 0 Å². The van der Waals surface area contributed by atoms with Gasteiger partial charge in [0.1, 0.15) is 5.56 Å². The largest absolute Gasteiger partial charge is 0.478 e. The van der Waals surface area contributed by atoms with Crippen molar-refractivity contribution in [3.8, 4) is 0 Å². The molecule has 3 heterocycles. The second kappa shape index (κ2) is 4.94. The highest BCUT2D eigenvalue weighted by Crippen LogP contribution is 2.22. The third-order valence-corrected chi connectivity index (χ3v) is 4.27. The molecule has 1 aromatic rings. The maximum Gasteiger partial charge on any atom is 0.339 e. The van der Waals surface area contributed by atoms with Gasteiger partial charge in [-0.15, -0.1) is 0 Å². The van der Waals surface area contributed by atoms with E-state index in [1.807, 2.05) is 7.05 Å². The standard InChI is InChI=1S/C13H20N4O2/c1-16-12(11(6-14-16)13(18)19)8-17-5-4-9-2-3-10(7-17)15-9/h6,9-10,15H,2-5,7-8H2,1H3,(H,18,19). The smallest absolute Gasteiger partial charge is 0.339 e. The minimum atomic E-state index is -0.891. The normalized spacial score (nSPS) is 27.4. The molecule has 3 rings (SSSR count). The number of rotatable bonds is 3. The third kappa shape index (κ3) is 2.50. The second-order valence-electron chi connectivity index (χ2n) is 5.60. The van der Waals surface area contributed by atoms with Gasteiger partial charge < -0.3 is 10.4 Å². The van der Waals surface area contributed by atoms with Crippen LogP contribution in [0.1, 0.15) is 35.3 Å². The molecule has 104 valence electrons. The summed E-state index contributed by atoms with van der Waals surface area (Å²) in [7, 11) is 1.81. The fourth-order valence-electron chi connectivity index (χ4n) is 3.20. The highest BCUT2D eigenvalue weighted by Gasteiger charge is 2.30. The molecule has 2 unspecified atom stereocenters. The minimum Gasteiger partial charge on any atom is -0.478 e. The van der Waals surface area contributed by atoms with Crippen LogP contribution in [0.5, 0.6) is 0 Å². The Hall–Kier alpha value is -1.40. The summed E-state index contributed by atoms with van der Waals surface area (Å²) in [4.78, 5) is 13.5. The molecule has 1 aromatic heterocycles. The molecule has 2 aliphatic rings. The van der Waals surface area contributed by atoms with E-state index in [4.69, 9.17) is 0 Å². The first-order valence-corrected chi connectivity index (χ1v) is 6.86. The fraction of sp³-hybridized carbons (Fsp3) is 0.692. The number of carbonyl (C=O) groups is 1. The van der Waals surface area contributed by atoms with Crippen molar-refractivity contribution >= 4 is 5.97 Å². The highest BCUT2D eigenvalue weighted by molar-refractivity contribution is 5.88. The Labute approximate surface area is 112 Å². The maximum absolute atomic E-state index is 11.2. The number of aromatic carboxylic acids is 1. The molecular formula is C13H20N4O2. The number of nitrogens with zero attached hydrogens (tertiary/aromatic N) is 3. The van der Waals surface area contributed by atoms with Crippen molar-refractivity contribution < 1.29 is 9.90 Å². The van der Waals surface area contributed by atoms with Gasteiger partial charge in [-0.2, -0.15) is 5.10 Å². The Morgan fingerprint density at radius 1 is 1.47 bits per heavy atom. The Morgan fingerprint density at radius 2 is 2.26 bits per heavy atom. The van der Waals surface area contributed by atoms with E-state index in [9.17, 15) is 9.90 Å². The summed E-state index contributed by atoms with van der Waals surface area (Å²) in [6, 6.07) is 1.22. The average molecular weight is 264 g/mol. The summed E-state index contributed by atoms with van der Waals surface area (Å²) in [5, 5.41) is 16.9. The van der Waals surface area contributed by atoms with Crippen LogP contribution in [0.2, 0.25) is 0 Å². The predicted octanol–water partition coefficient (Wildman–Crippen LogP) is 0.445. The van der Waals surface area contributed by atoms with Gasteiger partial charge in [0.25, 0.3) is 0 Å². The molecule has 0 spiro atoms. The SMILES string of the molecule is Cn1ncc(C(=O)O)c1CN1CCC2CCC(C1)N2. The monoisotopic (exact) mass is 264 g/mol. The molecule has 6 heteroatoms. The lowest BCUT2D eigenvalue weighted by Crippen LogP contribution is -2.35. The van der Waals surface area contributed by atoms with Crippen molar-refractivity contribution in [1.82, 2.24) is 20.0 Å². The number of fused-ring (bicyclic) bond motifs is 2. The molecule has 0 amide bonds. The number of aromatic nitrogens is 2. The summed E-state index contributed by atoms with van der Waals surface area (Å²) in [6.07, 6.45) is 5.11. The van der Waals surface area contributed by atoms with E-state index >= 15 is 0 Å². The lowest BCUT2D eigenvalue weighted by molar-refractivity contribution is 0.0694. The number of carboxylic acids is 1. The van der Waals surface area contributed by atoms with E-state index < -0.39 is 5.97 Å². The van der Waals surface area contributed by atoms with Crippen molar-refractivity contribution in [3.05, 3.63) is 17.5 Å². The van der Waals surface area contributed by atoms with Gasteiger partial charge in [-0.05, 0) is 19.3 Å². The van der Waals surface area contributed by atoms with Crippen LogP contribution >= 0.6 is 0 Å². The molecule has 2 N–H and O–H groups in total. The molecule has 2 atom stereocenters. The molecular weight excluding hydrogens is 244 g/mol. The lowest BCUT2D eigenvalue weighted by atomic mass is 10.1. The Balaban J connectivity index is 1.74. The summed E-state index contributed by atoms with van der Waals surface area (Å²) in [6.45, 7) is 2.70. The third-order valence-electron chi connectivity index (χ3n) is 4.27. The zero-order valence-corrected chi connectivity index (χ0v) is 11.2. The number of carboxylic acid groups (broad SMARTS) is 1. The van der Waals surface area contributed by atoms with E-state index in [2.05, 4.69) is 15.3 Å². The molecule has 0 saturated carbocycles. The molecule has 0 radical (unpaired) electrons. The average Bonchev–Trinajstić information content (AvgIpc) is 2.87. The number of likely N-dealkylation sites (tertiary alicyclic amines) is 1. The van der Waals surface area contributed by atoms with Crippen molar-refractivity contribution in [3.63, 3.8) is 0 Å². The second-order valence-corrected chi connectivity index (χ2v) is 5.60. The quantitative estimate of drug-likeness (QED) is 0.829. The Kier molecular flexibility index (Phi) is 3.28. The topological polar surface area (TPSA) is 70.4 Å². The van der Waals surface area contributed by atoms with Crippen LogP contribution in [0.3, 0.4) is 0 Å². The molecule has 0 aliphatic carbocycles. The number of hydrogen-bond acceptors (Lipinski definition) is 4. The lowest BCUT2D eigenvalue weighted by Gasteiger charge is -2.24. The van der Waals surface area contributed by atoms with E-state index in [0.717, 1.165) is 25.2 Å². The molecule has 2 fully saturated rings. The summed E-state index contributed by atoms with van der Waals surface area (Å²) < 4.78 is 1.68. The van der Waals surface area contributed by atoms with E-state index in [0.29, 0.717) is 24.2 Å². The number of hydrogen-bond donors (Lipinski definition) is 2. The van der Waals surface area contributed by atoms with Crippen LogP contribution in [0.15, 0.2) is 6.20 Å². The molecule has 19 heavy (non-hydrogen) atoms. The molecule has 2 aliphatic heterocycles. The van der Waals surface area contributed by atoms with Crippen LogP contribution in [-0.2, 0) is 13.6 Å². The zero-order chi connectivity index (χ0) is 13.4. The summed E-state index contributed by atoms with van der Waals surface area (Å²) in [5.41, 5.74) is 1.12. The minimum absolute atomic E-state index is 0.324. The van der Waals surface area contributed by atoms with E-state index in [1.165, 1.54) is 19.0 Å². The molecule has 0 aromatic carbocycles. The van der Waals surface area contributed by atoms with Gasteiger partial charge in [-0.25, -0.2) is 4.79 Å². The molecule has 2 saturated heterocycles. The zero-order valence-electron chi connectivity index (χ0n) is 11.2. The van der Waals surface area contributed by atoms with Gasteiger partial charge in [-0.3, -0.25) is 9.58 Å². The Morgan fingerprint density at radius 3 is 3.05 bits per heavy atom. The first-order valence-electron chi connectivity index (χ1n) is 6.86. The van der Waals surface area contributed by atoms with Crippen LogP contribution in [-0.4, -0.2) is 50.9 Å². The van der Waals surface area contributed by atoms with Gasteiger partial charge in [-0.1, -0.05) is 0 Å². The number of aryl methyl sites for hydroxylation is 1. The van der Waals surface area contributed by atoms with Crippen LogP contribution < -0.4 is 5.32 Å². The predicted molar refractivity (Wildman–Crippen MR) is 70.0 cm³/mol. The molecule has 2 bridgehead atoms. The van der Waals surface area contributed by atoms with Crippen LogP contribution in [0.4, 0.5) is 0 Å². The fourth-order valence-corrected chi connectivity index (χ4v) is 3.20. The van der Waals surface area contributed by atoms with Gasteiger partial charge in [0.2, 0.25) is 0 Å². The van der Waals surface area contributed by atoms with Crippen LogP contribution in [0, 0.1) is 0 Å². The Bertz CT molecular complexity index is 485. The number of nitrogens with one attached hydrogen (secondary N) is 1. The summed E-state index contributed by atoms with van der Waals surface area (Å²) in [5.74, 6) is -0.891.